The van der Waals surface area contributed by atoms with Crippen LogP contribution in [0.2, 0.25) is 0 Å². The summed E-state index contributed by atoms with van der Waals surface area (Å²) in [7, 11) is 0. The van der Waals surface area contributed by atoms with Crippen molar-refractivity contribution in [3.05, 3.63) is 0 Å². The minimum absolute atomic E-state index is 0.238. The van der Waals surface area contributed by atoms with Crippen molar-refractivity contribution in [2.75, 3.05) is 13.1 Å². The minimum Gasteiger partial charge on any atom is -0.341 e. The van der Waals surface area contributed by atoms with Gasteiger partial charge in [0.15, 0.2) is 0 Å². The Morgan fingerprint density at radius 1 is 1.46 bits per heavy atom. The SMILES string of the molecule is NC(CN1CCCCC1=O)C1CC1. The van der Waals surface area contributed by atoms with Crippen LogP contribution in [-0.2, 0) is 4.79 Å². The number of carbonyl (C=O) groups is 1. The van der Waals surface area contributed by atoms with E-state index in [1.54, 1.807) is 0 Å². The normalized spacial score (nSPS) is 26.2. The summed E-state index contributed by atoms with van der Waals surface area (Å²) in [6, 6.07) is 0.238. The molecule has 1 amide bonds. The van der Waals surface area contributed by atoms with Gasteiger partial charge < -0.3 is 10.6 Å². The quantitative estimate of drug-likeness (QED) is 0.699. The Kier molecular flexibility index (Phi) is 2.54. The Labute approximate surface area is 79.3 Å². The molecule has 3 heteroatoms. The highest BCUT2D eigenvalue weighted by Gasteiger charge is 2.31. The van der Waals surface area contributed by atoms with Gasteiger partial charge in [-0.3, -0.25) is 4.79 Å². The van der Waals surface area contributed by atoms with Gasteiger partial charge in [-0.2, -0.15) is 0 Å². The molecule has 2 N–H and O–H groups in total. The summed E-state index contributed by atoms with van der Waals surface area (Å²) in [5.41, 5.74) is 5.98. The van der Waals surface area contributed by atoms with Crippen molar-refractivity contribution < 1.29 is 4.79 Å². The number of piperidine rings is 1. The minimum atomic E-state index is 0.238. The number of amides is 1. The maximum absolute atomic E-state index is 11.4. The smallest absolute Gasteiger partial charge is 0.222 e. The molecular weight excluding hydrogens is 164 g/mol. The Hall–Kier alpha value is -0.570. The summed E-state index contributed by atoms with van der Waals surface area (Å²) in [4.78, 5) is 13.4. The number of rotatable bonds is 3. The molecule has 0 aromatic carbocycles. The Bertz CT molecular complexity index is 201. The molecular formula is C10H18N2O. The molecule has 1 aliphatic carbocycles. The van der Waals surface area contributed by atoms with Crippen molar-refractivity contribution in [2.24, 2.45) is 11.7 Å². The van der Waals surface area contributed by atoms with Gasteiger partial charge in [0.05, 0.1) is 0 Å². The Morgan fingerprint density at radius 3 is 2.85 bits per heavy atom. The lowest BCUT2D eigenvalue weighted by Crippen LogP contribution is -2.44. The molecule has 13 heavy (non-hydrogen) atoms. The van der Waals surface area contributed by atoms with Crippen molar-refractivity contribution in [1.82, 2.24) is 4.90 Å². The van der Waals surface area contributed by atoms with Gasteiger partial charge in [0, 0.05) is 25.6 Å². The summed E-state index contributed by atoms with van der Waals surface area (Å²) in [5.74, 6) is 1.01. The Balaban J connectivity index is 1.81. The molecule has 1 atom stereocenters. The van der Waals surface area contributed by atoms with Gasteiger partial charge >= 0.3 is 0 Å². The predicted octanol–water partition coefficient (Wildman–Crippen LogP) is 0.736. The van der Waals surface area contributed by atoms with E-state index < -0.39 is 0 Å². The highest BCUT2D eigenvalue weighted by molar-refractivity contribution is 5.76. The van der Waals surface area contributed by atoms with Crippen LogP contribution >= 0.6 is 0 Å². The van der Waals surface area contributed by atoms with Gasteiger partial charge in [0.25, 0.3) is 0 Å². The second kappa shape index (κ2) is 3.66. The summed E-state index contributed by atoms with van der Waals surface area (Å²) in [6.07, 6.45) is 5.49. The number of nitrogens with zero attached hydrogens (tertiary/aromatic N) is 1. The van der Waals surface area contributed by atoms with Gasteiger partial charge in [0.2, 0.25) is 5.91 Å². The van der Waals surface area contributed by atoms with Gasteiger partial charge in [0.1, 0.15) is 0 Å². The summed E-state index contributed by atoms with van der Waals surface area (Å²) in [5, 5.41) is 0. The second-order valence-corrected chi connectivity index (χ2v) is 4.30. The molecule has 2 fully saturated rings. The van der Waals surface area contributed by atoms with Crippen molar-refractivity contribution in [3.63, 3.8) is 0 Å². The van der Waals surface area contributed by atoms with Crippen LogP contribution in [0.15, 0.2) is 0 Å². The number of hydrogen-bond donors (Lipinski definition) is 1. The fourth-order valence-electron chi connectivity index (χ4n) is 1.98. The summed E-state index contributed by atoms with van der Waals surface area (Å²) in [6.45, 7) is 1.72. The fourth-order valence-corrected chi connectivity index (χ4v) is 1.98. The van der Waals surface area contributed by atoms with Crippen molar-refractivity contribution >= 4 is 5.91 Å². The van der Waals surface area contributed by atoms with Gasteiger partial charge in [-0.1, -0.05) is 0 Å². The van der Waals surface area contributed by atoms with E-state index in [2.05, 4.69) is 0 Å². The molecule has 0 radical (unpaired) electrons. The van der Waals surface area contributed by atoms with Gasteiger partial charge in [-0.25, -0.2) is 0 Å². The third kappa shape index (κ3) is 2.21. The molecule has 2 rings (SSSR count). The number of likely N-dealkylation sites (tertiary alicyclic amines) is 1. The zero-order valence-electron chi connectivity index (χ0n) is 8.04. The van der Waals surface area contributed by atoms with Crippen molar-refractivity contribution in [1.29, 1.82) is 0 Å². The van der Waals surface area contributed by atoms with E-state index in [0.29, 0.717) is 11.8 Å². The zero-order valence-corrected chi connectivity index (χ0v) is 8.04. The van der Waals surface area contributed by atoms with Gasteiger partial charge in [-0.15, -0.1) is 0 Å². The van der Waals surface area contributed by atoms with E-state index >= 15 is 0 Å². The van der Waals surface area contributed by atoms with Crippen LogP contribution in [0.5, 0.6) is 0 Å². The van der Waals surface area contributed by atoms with Crippen molar-refractivity contribution in [2.45, 2.75) is 38.1 Å². The van der Waals surface area contributed by atoms with Crippen molar-refractivity contribution in [3.8, 4) is 0 Å². The average Bonchev–Trinajstić information content (AvgIpc) is 2.91. The summed E-state index contributed by atoms with van der Waals surface area (Å²) < 4.78 is 0. The molecule has 0 aromatic heterocycles. The van der Waals surface area contributed by atoms with Crippen LogP contribution in [0.25, 0.3) is 0 Å². The van der Waals surface area contributed by atoms with Crippen LogP contribution in [0.3, 0.4) is 0 Å². The third-order valence-corrected chi connectivity index (χ3v) is 3.08. The van der Waals surface area contributed by atoms with Crippen LogP contribution in [0.4, 0.5) is 0 Å². The van der Waals surface area contributed by atoms with E-state index in [1.165, 1.54) is 12.8 Å². The van der Waals surface area contributed by atoms with E-state index in [1.807, 2.05) is 4.90 Å². The van der Waals surface area contributed by atoms with Crippen LogP contribution in [-0.4, -0.2) is 29.9 Å². The molecule has 74 valence electrons. The molecule has 2 aliphatic rings. The first kappa shape index (κ1) is 9.00. The summed E-state index contributed by atoms with van der Waals surface area (Å²) >= 11 is 0. The maximum atomic E-state index is 11.4. The highest BCUT2D eigenvalue weighted by Crippen LogP contribution is 2.32. The van der Waals surface area contributed by atoms with E-state index in [9.17, 15) is 4.79 Å². The highest BCUT2D eigenvalue weighted by atomic mass is 16.2. The lowest BCUT2D eigenvalue weighted by atomic mass is 10.1. The second-order valence-electron chi connectivity index (χ2n) is 4.30. The largest absolute Gasteiger partial charge is 0.341 e. The number of hydrogen-bond acceptors (Lipinski definition) is 2. The Morgan fingerprint density at radius 2 is 2.23 bits per heavy atom. The molecule has 3 nitrogen and oxygen atoms in total. The predicted molar refractivity (Wildman–Crippen MR) is 51.1 cm³/mol. The molecule has 0 spiro atoms. The molecule has 1 saturated carbocycles. The molecule has 1 aliphatic heterocycles. The fraction of sp³-hybridized carbons (Fsp3) is 0.900. The monoisotopic (exact) mass is 182 g/mol. The third-order valence-electron chi connectivity index (χ3n) is 3.08. The standard InChI is InChI=1S/C10H18N2O/c11-9(8-4-5-8)7-12-6-2-1-3-10(12)13/h8-9H,1-7,11H2. The first-order valence-electron chi connectivity index (χ1n) is 5.31. The van der Waals surface area contributed by atoms with Gasteiger partial charge in [-0.05, 0) is 31.6 Å². The van der Waals surface area contributed by atoms with Crippen LogP contribution in [0, 0.1) is 5.92 Å². The number of nitrogens with two attached hydrogens (primary N) is 1. The average molecular weight is 182 g/mol. The molecule has 1 unspecified atom stereocenters. The first-order valence-corrected chi connectivity index (χ1v) is 5.31. The molecule has 1 heterocycles. The van der Waals surface area contributed by atoms with E-state index in [4.69, 9.17) is 5.73 Å². The zero-order chi connectivity index (χ0) is 9.26. The molecule has 1 saturated heterocycles. The molecule has 0 aromatic rings. The van der Waals surface area contributed by atoms with Crippen LogP contribution < -0.4 is 5.73 Å². The lowest BCUT2D eigenvalue weighted by molar-refractivity contribution is -0.133. The van der Waals surface area contributed by atoms with E-state index in [-0.39, 0.29) is 6.04 Å². The van der Waals surface area contributed by atoms with Crippen LogP contribution in [0.1, 0.15) is 32.1 Å². The lowest BCUT2D eigenvalue weighted by Gasteiger charge is -2.29. The topological polar surface area (TPSA) is 46.3 Å². The molecule has 0 bridgehead atoms. The number of carbonyl (C=O) groups excluding carboxylic acids is 1. The maximum Gasteiger partial charge on any atom is 0.222 e. The first-order chi connectivity index (χ1) is 6.27. The van der Waals surface area contributed by atoms with E-state index in [0.717, 1.165) is 32.4 Å².